The monoisotopic (exact) mass is 611 g/mol. The molecule has 6 rings (SSSR count). The van der Waals surface area contributed by atoms with Crippen LogP contribution >= 0.6 is 11.8 Å². The quantitative estimate of drug-likeness (QED) is 0.259. The number of ether oxygens (including phenoxy) is 2. The lowest BCUT2D eigenvalue weighted by Crippen LogP contribution is -2.48. The number of thioether (sulfide) groups is 1. The molecular weight excluding hydrogens is 573 g/mol. The molecule has 4 heterocycles. The minimum absolute atomic E-state index is 0.0277. The van der Waals surface area contributed by atoms with Gasteiger partial charge in [0.05, 0.1) is 22.8 Å². The molecule has 3 aliphatic rings. The first-order valence-electron chi connectivity index (χ1n) is 15.2. The van der Waals surface area contributed by atoms with Crippen LogP contribution in [0.1, 0.15) is 44.3 Å². The van der Waals surface area contributed by atoms with Crippen molar-refractivity contribution in [2.75, 3.05) is 50.9 Å². The van der Waals surface area contributed by atoms with Crippen LogP contribution in [0.2, 0.25) is 0 Å². The van der Waals surface area contributed by atoms with E-state index < -0.39 is 11.4 Å². The van der Waals surface area contributed by atoms with Gasteiger partial charge in [-0.3, -0.25) is 14.9 Å². The zero-order valence-corrected chi connectivity index (χ0v) is 25.0. The van der Waals surface area contributed by atoms with Crippen LogP contribution in [0.25, 0.3) is 10.9 Å². The Morgan fingerprint density at radius 2 is 1.77 bits per heavy atom. The predicted octanol–water partition coefficient (Wildman–Crippen LogP) is 5.14. The van der Waals surface area contributed by atoms with Crippen LogP contribution in [-0.2, 0) is 10.5 Å². The van der Waals surface area contributed by atoms with Crippen LogP contribution < -0.4 is 15.2 Å². The highest BCUT2D eigenvalue weighted by Gasteiger charge is 2.29. The van der Waals surface area contributed by atoms with Gasteiger partial charge < -0.3 is 24.3 Å². The number of non-ortho nitro benzene ring substituents is 1. The third-order valence-corrected chi connectivity index (χ3v) is 10.3. The molecule has 0 aliphatic carbocycles. The Balaban J connectivity index is 0.982. The second kappa shape index (κ2) is 13.6. The minimum Gasteiger partial charge on any atom is -0.493 e. The fourth-order valence-corrected chi connectivity index (χ4v) is 7.47. The fourth-order valence-electron chi connectivity index (χ4n) is 6.41. The summed E-state index contributed by atoms with van der Waals surface area (Å²) < 4.78 is 26.4. The number of H-pyrrole nitrogens is 1. The molecule has 0 atom stereocenters. The summed E-state index contributed by atoms with van der Waals surface area (Å²) in [6.45, 7) is 5.91. The van der Waals surface area contributed by atoms with Gasteiger partial charge in [0, 0.05) is 67.5 Å². The molecular formula is C31H38FN5O5S. The van der Waals surface area contributed by atoms with E-state index in [1.165, 1.54) is 6.07 Å². The predicted molar refractivity (Wildman–Crippen MR) is 166 cm³/mol. The van der Waals surface area contributed by atoms with E-state index in [9.17, 15) is 19.3 Å². The van der Waals surface area contributed by atoms with Gasteiger partial charge in [-0.15, -0.1) is 0 Å². The van der Waals surface area contributed by atoms with E-state index in [1.807, 2.05) is 12.1 Å². The summed E-state index contributed by atoms with van der Waals surface area (Å²) in [5.74, 6) is 1.30. The molecule has 3 saturated heterocycles. The average molecular weight is 612 g/mol. The maximum absolute atomic E-state index is 14.9. The zero-order valence-electron chi connectivity index (χ0n) is 24.2. The van der Waals surface area contributed by atoms with Crippen molar-refractivity contribution in [2.24, 2.45) is 5.92 Å². The molecule has 1 aromatic heterocycles. The lowest BCUT2D eigenvalue weighted by Gasteiger charge is -2.42. The molecule has 0 saturated carbocycles. The molecule has 1 N–H and O–H groups in total. The van der Waals surface area contributed by atoms with Crippen molar-refractivity contribution in [3.63, 3.8) is 0 Å². The number of halogens is 1. The smallest absolute Gasteiger partial charge is 0.269 e. The summed E-state index contributed by atoms with van der Waals surface area (Å²) in [6, 6.07) is 10.3. The van der Waals surface area contributed by atoms with E-state index >= 15 is 0 Å². The van der Waals surface area contributed by atoms with Crippen LogP contribution in [0, 0.1) is 21.8 Å². The molecule has 2 aromatic carbocycles. The first-order chi connectivity index (χ1) is 20.9. The highest BCUT2D eigenvalue weighted by atomic mass is 32.2. The molecule has 0 bridgehead atoms. The molecule has 3 aromatic rings. The highest BCUT2D eigenvalue weighted by molar-refractivity contribution is 7.99. The second-order valence-corrected chi connectivity index (χ2v) is 13.0. The van der Waals surface area contributed by atoms with Gasteiger partial charge in [0.2, 0.25) is 0 Å². The number of nitrogens with zero attached hydrogens (tertiary/aromatic N) is 4. The van der Waals surface area contributed by atoms with Gasteiger partial charge in [-0.1, -0.05) is 0 Å². The van der Waals surface area contributed by atoms with E-state index in [4.69, 9.17) is 9.47 Å². The summed E-state index contributed by atoms with van der Waals surface area (Å²) >= 11 is 1.75. The molecule has 0 unspecified atom stereocenters. The second-order valence-electron chi connectivity index (χ2n) is 11.7. The molecule has 0 amide bonds. The lowest BCUT2D eigenvalue weighted by atomic mass is 9.94. The SMILES string of the molecule is O=c1[nH]c(CSC2CCOCC2)nc2cc(OCC3CCN(C4CCN(c5ccc([N+](=O)[O-])cc5)CC4)CC3)cc(F)c12. The van der Waals surface area contributed by atoms with Crippen LogP contribution in [0.15, 0.2) is 41.2 Å². The first-order valence-corrected chi connectivity index (χ1v) is 16.3. The highest BCUT2D eigenvalue weighted by Crippen LogP contribution is 2.29. The van der Waals surface area contributed by atoms with Gasteiger partial charge in [-0.05, 0) is 69.7 Å². The van der Waals surface area contributed by atoms with Crippen molar-refractivity contribution in [2.45, 2.75) is 55.6 Å². The van der Waals surface area contributed by atoms with E-state index in [-0.39, 0.29) is 16.0 Å². The van der Waals surface area contributed by atoms with Gasteiger partial charge in [0.15, 0.2) is 0 Å². The summed E-state index contributed by atoms with van der Waals surface area (Å²) in [5, 5.41) is 11.4. The number of piperidine rings is 2. The molecule has 230 valence electrons. The normalized spacial score (nSPS) is 19.6. The Kier molecular flexibility index (Phi) is 9.44. The average Bonchev–Trinajstić information content (AvgIpc) is 3.03. The van der Waals surface area contributed by atoms with Crippen LogP contribution in [0.3, 0.4) is 0 Å². The Morgan fingerprint density at radius 1 is 1.05 bits per heavy atom. The number of nitro benzene ring substituents is 1. The van der Waals surface area contributed by atoms with Gasteiger partial charge in [0.25, 0.3) is 11.2 Å². The molecule has 12 heteroatoms. The fraction of sp³-hybridized carbons (Fsp3) is 0.548. The third-order valence-electron chi connectivity index (χ3n) is 8.95. The number of fused-ring (bicyclic) bond motifs is 1. The number of anilines is 1. The number of nitro groups is 1. The Hall–Kier alpha value is -3.22. The Morgan fingerprint density at radius 3 is 2.47 bits per heavy atom. The van der Waals surface area contributed by atoms with Crippen molar-refractivity contribution >= 4 is 34.0 Å². The van der Waals surface area contributed by atoms with Gasteiger partial charge in [-0.2, -0.15) is 11.8 Å². The maximum atomic E-state index is 14.9. The standard InChI is InChI=1S/C31H38FN5O5S/c32-27-17-25(18-28-30(27)31(38)34-29(33-28)20-43-26-9-15-41-16-10-26)42-19-21-5-11-35(12-6-21)23-7-13-36(14-8-23)22-1-3-24(4-2-22)37(39)40/h1-4,17-18,21,23,26H,5-16,19-20H2,(H,33,34,38). The Labute approximate surface area is 254 Å². The minimum atomic E-state index is -0.611. The van der Waals surface area contributed by atoms with E-state index in [0.717, 1.165) is 83.6 Å². The van der Waals surface area contributed by atoms with Crippen LogP contribution in [0.5, 0.6) is 5.75 Å². The van der Waals surface area contributed by atoms with Crippen molar-refractivity contribution < 1.29 is 18.8 Å². The molecule has 3 aliphatic heterocycles. The van der Waals surface area contributed by atoms with Gasteiger partial charge in [-0.25, -0.2) is 9.37 Å². The number of aromatic nitrogens is 2. The largest absolute Gasteiger partial charge is 0.493 e. The number of rotatable bonds is 9. The van der Waals surface area contributed by atoms with Crippen molar-refractivity contribution in [3.05, 3.63) is 68.5 Å². The topological polar surface area (TPSA) is 114 Å². The number of hydrogen-bond donors (Lipinski definition) is 1. The molecule has 10 nitrogen and oxygen atoms in total. The number of hydrogen-bond acceptors (Lipinski definition) is 9. The maximum Gasteiger partial charge on any atom is 0.269 e. The summed E-state index contributed by atoms with van der Waals surface area (Å²) in [6.07, 6.45) is 6.13. The number of benzene rings is 2. The van der Waals surface area contributed by atoms with Crippen molar-refractivity contribution in [1.29, 1.82) is 0 Å². The molecule has 43 heavy (non-hydrogen) atoms. The molecule has 0 spiro atoms. The number of aromatic amines is 1. The van der Waals surface area contributed by atoms with Gasteiger partial charge >= 0.3 is 0 Å². The lowest BCUT2D eigenvalue weighted by molar-refractivity contribution is -0.384. The summed E-state index contributed by atoms with van der Waals surface area (Å²) in [5.41, 5.74) is 1.03. The van der Waals surface area contributed by atoms with Crippen molar-refractivity contribution in [1.82, 2.24) is 14.9 Å². The molecule has 3 fully saturated rings. The molecule has 0 radical (unpaired) electrons. The zero-order chi connectivity index (χ0) is 29.8. The number of likely N-dealkylation sites (tertiary alicyclic amines) is 1. The summed E-state index contributed by atoms with van der Waals surface area (Å²) in [7, 11) is 0. The van der Waals surface area contributed by atoms with E-state index in [1.54, 1.807) is 30.0 Å². The number of nitrogens with one attached hydrogen (secondary N) is 1. The first kappa shape index (κ1) is 29.8. The summed E-state index contributed by atoms with van der Waals surface area (Å²) in [4.78, 5) is 35.4. The van der Waals surface area contributed by atoms with E-state index in [2.05, 4.69) is 19.8 Å². The van der Waals surface area contributed by atoms with Crippen LogP contribution in [-0.4, -0.2) is 77.1 Å². The van der Waals surface area contributed by atoms with E-state index in [0.29, 0.717) is 46.7 Å². The third kappa shape index (κ3) is 7.30. The van der Waals surface area contributed by atoms with Crippen molar-refractivity contribution in [3.8, 4) is 5.75 Å². The van der Waals surface area contributed by atoms with Gasteiger partial charge in [0.1, 0.15) is 22.8 Å². The Bertz CT molecular complexity index is 1470. The van der Waals surface area contributed by atoms with Crippen LogP contribution in [0.4, 0.5) is 15.8 Å².